The SMILES string of the molecule is CCc1ccc(-c2nn(-c3ccccc3Br)cc2N)cc1. The van der Waals surface area contributed by atoms with Gasteiger partial charge < -0.3 is 5.73 Å². The summed E-state index contributed by atoms with van der Waals surface area (Å²) in [6.07, 6.45) is 2.88. The number of benzene rings is 2. The van der Waals surface area contributed by atoms with Crippen LogP contribution in [-0.4, -0.2) is 9.78 Å². The number of hydrogen-bond donors (Lipinski definition) is 1. The molecule has 2 aromatic carbocycles. The normalized spacial score (nSPS) is 10.8. The number of aromatic nitrogens is 2. The van der Waals surface area contributed by atoms with Gasteiger partial charge in [-0.2, -0.15) is 5.10 Å². The van der Waals surface area contributed by atoms with Gasteiger partial charge >= 0.3 is 0 Å². The zero-order valence-electron chi connectivity index (χ0n) is 11.8. The molecule has 0 saturated carbocycles. The molecule has 2 N–H and O–H groups in total. The van der Waals surface area contributed by atoms with Crippen molar-refractivity contribution in [2.75, 3.05) is 5.73 Å². The summed E-state index contributed by atoms with van der Waals surface area (Å²) >= 11 is 3.54. The van der Waals surface area contributed by atoms with Crippen molar-refractivity contribution < 1.29 is 0 Å². The molecule has 3 rings (SSSR count). The average molecular weight is 342 g/mol. The fourth-order valence-corrected chi connectivity index (χ4v) is 2.74. The fraction of sp³-hybridized carbons (Fsp3) is 0.118. The first-order chi connectivity index (χ1) is 10.2. The van der Waals surface area contributed by atoms with Crippen molar-refractivity contribution in [1.82, 2.24) is 9.78 Å². The van der Waals surface area contributed by atoms with Crippen LogP contribution >= 0.6 is 15.9 Å². The predicted molar refractivity (Wildman–Crippen MR) is 90.5 cm³/mol. The second kappa shape index (κ2) is 5.74. The third kappa shape index (κ3) is 2.72. The van der Waals surface area contributed by atoms with E-state index in [1.807, 2.05) is 35.1 Å². The molecule has 0 radical (unpaired) electrons. The Kier molecular flexibility index (Phi) is 3.80. The number of aryl methyl sites for hydroxylation is 1. The highest BCUT2D eigenvalue weighted by Crippen LogP contribution is 2.28. The maximum Gasteiger partial charge on any atom is 0.116 e. The Hall–Kier alpha value is -2.07. The van der Waals surface area contributed by atoms with Crippen LogP contribution in [0.3, 0.4) is 0 Å². The molecule has 106 valence electrons. The number of nitrogens with zero attached hydrogens (tertiary/aromatic N) is 2. The van der Waals surface area contributed by atoms with E-state index in [2.05, 4.69) is 52.2 Å². The molecule has 3 nitrogen and oxygen atoms in total. The first-order valence-corrected chi connectivity index (χ1v) is 7.67. The van der Waals surface area contributed by atoms with Gasteiger partial charge in [-0.25, -0.2) is 4.68 Å². The third-order valence-electron chi connectivity index (χ3n) is 3.48. The number of para-hydroxylation sites is 1. The molecule has 0 unspecified atom stereocenters. The Morgan fingerprint density at radius 1 is 1.10 bits per heavy atom. The molecule has 3 aromatic rings. The molecule has 1 heterocycles. The molecule has 4 heteroatoms. The summed E-state index contributed by atoms with van der Waals surface area (Å²) in [5.41, 5.74) is 10.9. The van der Waals surface area contributed by atoms with Crippen molar-refractivity contribution in [3.8, 4) is 16.9 Å². The monoisotopic (exact) mass is 341 g/mol. The van der Waals surface area contributed by atoms with E-state index >= 15 is 0 Å². The lowest BCUT2D eigenvalue weighted by molar-refractivity contribution is 0.880. The van der Waals surface area contributed by atoms with E-state index < -0.39 is 0 Å². The van der Waals surface area contributed by atoms with Crippen LogP contribution in [0.15, 0.2) is 59.2 Å². The van der Waals surface area contributed by atoms with Crippen LogP contribution in [0.2, 0.25) is 0 Å². The summed E-state index contributed by atoms with van der Waals surface area (Å²) in [6, 6.07) is 16.3. The lowest BCUT2D eigenvalue weighted by Gasteiger charge is -2.03. The molecule has 1 aromatic heterocycles. The van der Waals surface area contributed by atoms with Crippen LogP contribution < -0.4 is 5.73 Å². The first-order valence-electron chi connectivity index (χ1n) is 6.88. The van der Waals surface area contributed by atoms with Gasteiger partial charge in [0.05, 0.1) is 17.6 Å². The molecular weight excluding hydrogens is 326 g/mol. The molecule has 0 aliphatic heterocycles. The summed E-state index contributed by atoms with van der Waals surface area (Å²) in [5.74, 6) is 0. The maximum atomic E-state index is 6.13. The van der Waals surface area contributed by atoms with Crippen LogP contribution in [0, 0.1) is 0 Å². The van der Waals surface area contributed by atoms with Crippen LogP contribution in [0.5, 0.6) is 0 Å². The number of anilines is 1. The molecular formula is C17H16BrN3. The van der Waals surface area contributed by atoms with Gasteiger partial charge in [0, 0.05) is 10.0 Å². The van der Waals surface area contributed by atoms with Gasteiger partial charge in [-0.05, 0) is 40.0 Å². The van der Waals surface area contributed by atoms with Gasteiger partial charge in [0.1, 0.15) is 5.69 Å². The molecule has 0 aliphatic rings. The number of halogens is 1. The minimum atomic E-state index is 0.676. The second-order valence-electron chi connectivity index (χ2n) is 4.88. The molecule has 0 spiro atoms. The standard InChI is InChI=1S/C17H16BrN3/c1-2-12-7-9-13(10-8-12)17-15(19)11-21(20-17)16-6-4-3-5-14(16)18/h3-11H,2,19H2,1H3. The maximum absolute atomic E-state index is 6.13. The average Bonchev–Trinajstić information content (AvgIpc) is 2.89. The highest BCUT2D eigenvalue weighted by molar-refractivity contribution is 9.10. The first kappa shape index (κ1) is 13.9. The number of nitrogen functional groups attached to an aromatic ring is 1. The highest BCUT2D eigenvalue weighted by atomic mass is 79.9. The molecule has 0 fully saturated rings. The van der Waals surface area contributed by atoms with Crippen LogP contribution in [0.1, 0.15) is 12.5 Å². The molecule has 0 amide bonds. The molecule has 0 atom stereocenters. The van der Waals surface area contributed by atoms with Gasteiger partial charge in [0.25, 0.3) is 0 Å². The number of hydrogen-bond acceptors (Lipinski definition) is 2. The van der Waals surface area contributed by atoms with Crippen molar-refractivity contribution in [2.45, 2.75) is 13.3 Å². The minimum Gasteiger partial charge on any atom is -0.396 e. The molecule has 21 heavy (non-hydrogen) atoms. The van der Waals surface area contributed by atoms with E-state index in [1.54, 1.807) is 0 Å². The van der Waals surface area contributed by atoms with E-state index in [1.165, 1.54) is 5.56 Å². The van der Waals surface area contributed by atoms with Crippen LogP contribution in [0.4, 0.5) is 5.69 Å². The van der Waals surface area contributed by atoms with Crippen molar-refractivity contribution in [3.05, 3.63) is 64.8 Å². The van der Waals surface area contributed by atoms with Gasteiger partial charge in [-0.3, -0.25) is 0 Å². The van der Waals surface area contributed by atoms with Crippen molar-refractivity contribution in [3.63, 3.8) is 0 Å². The largest absolute Gasteiger partial charge is 0.396 e. The summed E-state index contributed by atoms with van der Waals surface area (Å²) in [7, 11) is 0. The topological polar surface area (TPSA) is 43.8 Å². The van der Waals surface area contributed by atoms with E-state index in [0.717, 1.165) is 27.8 Å². The van der Waals surface area contributed by atoms with Crippen molar-refractivity contribution in [2.24, 2.45) is 0 Å². The lowest BCUT2D eigenvalue weighted by Crippen LogP contribution is -1.95. The third-order valence-corrected chi connectivity index (χ3v) is 4.15. The summed E-state index contributed by atoms with van der Waals surface area (Å²) < 4.78 is 2.79. The van der Waals surface area contributed by atoms with Gasteiger partial charge in [0.2, 0.25) is 0 Å². The van der Waals surface area contributed by atoms with E-state index in [4.69, 9.17) is 5.73 Å². The molecule has 0 saturated heterocycles. The Balaban J connectivity index is 2.03. The van der Waals surface area contributed by atoms with E-state index in [-0.39, 0.29) is 0 Å². The highest BCUT2D eigenvalue weighted by Gasteiger charge is 2.11. The van der Waals surface area contributed by atoms with Gasteiger partial charge in [0.15, 0.2) is 0 Å². The predicted octanol–water partition coefficient (Wildman–Crippen LogP) is 4.45. The van der Waals surface area contributed by atoms with Crippen LogP contribution in [-0.2, 0) is 6.42 Å². The Labute approximate surface area is 132 Å². The summed E-state index contributed by atoms with van der Waals surface area (Å²) in [6.45, 7) is 2.14. The number of rotatable bonds is 3. The molecule has 0 aliphatic carbocycles. The summed E-state index contributed by atoms with van der Waals surface area (Å²) in [4.78, 5) is 0. The Morgan fingerprint density at radius 2 is 1.81 bits per heavy atom. The fourth-order valence-electron chi connectivity index (χ4n) is 2.27. The van der Waals surface area contributed by atoms with Gasteiger partial charge in [-0.15, -0.1) is 0 Å². The lowest BCUT2D eigenvalue weighted by atomic mass is 10.1. The quantitative estimate of drug-likeness (QED) is 0.764. The van der Waals surface area contributed by atoms with E-state index in [0.29, 0.717) is 5.69 Å². The van der Waals surface area contributed by atoms with Gasteiger partial charge in [-0.1, -0.05) is 43.3 Å². The summed E-state index contributed by atoms with van der Waals surface area (Å²) in [5, 5.41) is 4.63. The number of nitrogens with two attached hydrogens (primary N) is 1. The van der Waals surface area contributed by atoms with Crippen LogP contribution in [0.25, 0.3) is 16.9 Å². The minimum absolute atomic E-state index is 0.676. The Bertz CT molecular complexity index is 760. The molecule has 0 bridgehead atoms. The zero-order valence-corrected chi connectivity index (χ0v) is 13.3. The smallest absolute Gasteiger partial charge is 0.116 e. The second-order valence-corrected chi connectivity index (χ2v) is 5.73. The van der Waals surface area contributed by atoms with E-state index in [9.17, 15) is 0 Å². The Morgan fingerprint density at radius 3 is 2.48 bits per heavy atom. The van der Waals surface area contributed by atoms with Crippen molar-refractivity contribution in [1.29, 1.82) is 0 Å². The zero-order chi connectivity index (χ0) is 14.8. The van der Waals surface area contributed by atoms with Crippen molar-refractivity contribution >= 4 is 21.6 Å².